The second kappa shape index (κ2) is 6.86. The van der Waals surface area contributed by atoms with Crippen LogP contribution in [0, 0.1) is 5.92 Å². The van der Waals surface area contributed by atoms with E-state index < -0.39 is 0 Å². The van der Waals surface area contributed by atoms with Gasteiger partial charge in [-0.1, -0.05) is 32.4 Å². The minimum atomic E-state index is 0.609. The molecule has 0 saturated heterocycles. The molecule has 2 rings (SSSR count). The Labute approximate surface area is 125 Å². The fourth-order valence-electron chi connectivity index (χ4n) is 2.01. The third-order valence-electron chi connectivity index (χ3n) is 3.03. The second-order valence-electron chi connectivity index (χ2n) is 5.19. The second-order valence-corrected chi connectivity index (χ2v) is 5.60. The molecular weight excluding hydrogens is 272 g/mol. The van der Waals surface area contributed by atoms with Crippen molar-refractivity contribution >= 4 is 11.6 Å². The highest BCUT2D eigenvalue weighted by atomic mass is 35.5. The number of nitrogens with one attached hydrogen (secondary N) is 1. The van der Waals surface area contributed by atoms with Gasteiger partial charge in [0.05, 0.1) is 10.7 Å². The van der Waals surface area contributed by atoms with Crippen LogP contribution >= 0.6 is 11.6 Å². The van der Waals surface area contributed by atoms with E-state index in [0.29, 0.717) is 17.5 Å². The van der Waals surface area contributed by atoms with Crippen LogP contribution in [0.15, 0.2) is 24.5 Å². The van der Waals surface area contributed by atoms with Crippen molar-refractivity contribution in [3.05, 3.63) is 41.1 Å². The van der Waals surface area contributed by atoms with Gasteiger partial charge in [-0.15, -0.1) is 0 Å². The van der Waals surface area contributed by atoms with Crippen molar-refractivity contribution in [2.45, 2.75) is 33.7 Å². The van der Waals surface area contributed by atoms with E-state index in [0.717, 1.165) is 30.3 Å². The van der Waals surface area contributed by atoms with Crippen LogP contribution < -0.4 is 5.32 Å². The Kier molecular flexibility index (Phi) is 5.15. The lowest BCUT2D eigenvalue weighted by atomic mass is 10.2. The fraction of sp³-hybridized carbons (Fsp3) is 0.467. The maximum absolute atomic E-state index is 6.22. The van der Waals surface area contributed by atoms with Crippen molar-refractivity contribution < 1.29 is 0 Å². The molecule has 2 aromatic rings. The number of aryl methyl sites for hydroxylation is 1. The van der Waals surface area contributed by atoms with Crippen molar-refractivity contribution in [3.63, 3.8) is 0 Å². The van der Waals surface area contributed by atoms with Crippen LogP contribution in [-0.4, -0.2) is 21.1 Å². The molecule has 2 heterocycles. The molecule has 108 valence electrons. The Bertz CT molecular complexity index is 563. The number of aromatic nitrogens is 3. The average molecular weight is 293 g/mol. The van der Waals surface area contributed by atoms with Crippen molar-refractivity contribution in [3.8, 4) is 5.82 Å². The monoisotopic (exact) mass is 292 g/mol. The zero-order valence-electron chi connectivity index (χ0n) is 12.2. The van der Waals surface area contributed by atoms with Gasteiger partial charge in [-0.25, -0.2) is 9.97 Å². The summed E-state index contributed by atoms with van der Waals surface area (Å²) in [5, 5.41) is 4.07. The topological polar surface area (TPSA) is 42.7 Å². The lowest BCUT2D eigenvalue weighted by Crippen LogP contribution is -2.20. The number of rotatable bonds is 6. The molecule has 0 saturated carbocycles. The van der Waals surface area contributed by atoms with E-state index in [9.17, 15) is 0 Å². The summed E-state index contributed by atoms with van der Waals surface area (Å²) in [5.74, 6) is 2.48. The molecule has 0 radical (unpaired) electrons. The Balaban J connectivity index is 2.20. The summed E-state index contributed by atoms with van der Waals surface area (Å²) >= 11 is 6.22. The summed E-state index contributed by atoms with van der Waals surface area (Å²) in [6.45, 7) is 8.07. The minimum Gasteiger partial charge on any atom is -0.311 e. The summed E-state index contributed by atoms with van der Waals surface area (Å²) in [4.78, 5) is 8.97. The van der Waals surface area contributed by atoms with E-state index in [1.807, 2.05) is 22.9 Å². The van der Waals surface area contributed by atoms with Crippen molar-refractivity contribution in [2.24, 2.45) is 5.92 Å². The van der Waals surface area contributed by atoms with E-state index in [-0.39, 0.29) is 0 Å². The van der Waals surface area contributed by atoms with Gasteiger partial charge in [0.2, 0.25) is 0 Å². The Morgan fingerprint density at radius 1 is 1.35 bits per heavy atom. The highest BCUT2D eigenvalue weighted by molar-refractivity contribution is 6.31. The first-order valence-electron chi connectivity index (χ1n) is 7.00. The molecule has 0 aliphatic rings. The Morgan fingerprint density at radius 3 is 2.85 bits per heavy atom. The van der Waals surface area contributed by atoms with Gasteiger partial charge in [-0.3, -0.25) is 4.57 Å². The van der Waals surface area contributed by atoms with Gasteiger partial charge >= 0.3 is 0 Å². The van der Waals surface area contributed by atoms with E-state index in [1.165, 1.54) is 0 Å². The molecule has 0 amide bonds. The predicted molar refractivity (Wildman–Crippen MR) is 82.3 cm³/mol. The molecule has 4 nitrogen and oxygen atoms in total. The number of hydrogen-bond donors (Lipinski definition) is 1. The molecule has 0 aromatic carbocycles. The van der Waals surface area contributed by atoms with Gasteiger partial charge < -0.3 is 5.32 Å². The van der Waals surface area contributed by atoms with E-state index in [2.05, 4.69) is 36.1 Å². The van der Waals surface area contributed by atoms with Crippen LogP contribution in [0.25, 0.3) is 5.82 Å². The number of nitrogens with zero attached hydrogens (tertiary/aromatic N) is 3. The van der Waals surface area contributed by atoms with E-state index in [4.69, 9.17) is 11.6 Å². The summed E-state index contributed by atoms with van der Waals surface area (Å²) in [6, 6.07) is 3.82. The zero-order valence-corrected chi connectivity index (χ0v) is 13.0. The number of imidazole rings is 1. The SMILES string of the molecule is CCc1nccn1-c1ccc(Cl)c(CNCC(C)C)n1. The number of halogens is 1. The van der Waals surface area contributed by atoms with E-state index in [1.54, 1.807) is 6.20 Å². The third-order valence-corrected chi connectivity index (χ3v) is 3.37. The lowest BCUT2D eigenvalue weighted by Gasteiger charge is -2.11. The molecule has 0 bridgehead atoms. The average Bonchev–Trinajstić information content (AvgIpc) is 2.89. The molecule has 0 atom stereocenters. The largest absolute Gasteiger partial charge is 0.311 e. The first-order valence-corrected chi connectivity index (χ1v) is 7.38. The molecule has 0 aliphatic carbocycles. The van der Waals surface area contributed by atoms with Crippen molar-refractivity contribution in [1.82, 2.24) is 19.9 Å². The maximum atomic E-state index is 6.22. The highest BCUT2D eigenvalue weighted by Crippen LogP contribution is 2.17. The maximum Gasteiger partial charge on any atom is 0.138 e. The fourth-order valence-corrected chi connectivity index (χ4v) is 2.19. The van der Waals surface area contributed by atoms with Gasteiger partial charge in [0.1, 0.15) is 11.6 Å². The molecule has 0 fully saturated rings. The molecule has 5 heteroatoms. The van der Waals surface area contributed by atoms with Crippen LogP contribution in [0.2, 0.25) is 5.02 Å². The van der Waals surface area contributed by atoms with Crippen LogP contribution in [0.3, 0.4) is 0 Å². The minimum absolute atomic E-state index is 0.609. The summed E-state index contributed by atoms with van der Waals surface area (Å²) < 4.78 is 2.00. The van der Waals surface area contributed by atoms with Crippen LogP contribution in [0.5, 0.6) is 0 Å². The summed E-state index contributed by atoms with van der Waals surface area (Å²) in [7, 11) is 0. The number of pyridine rings is 1. The first-order chi connectivity index (χ1) is 9.61. The smallest absolute Gasteiger partial charge is 0.138 e. The van der Waals surface area contributed by atoms with Gasteiger partial charge in [0.15, 0.2) is 0 Å². The van der Waals surface area contributed by atoms with Crippen molar-refractivity contribution in [1.29, 1.82) is 0 Å². The molecule has 20 heavy (non-hydrogen) atoms. The van der Waals surface area contributed by atoms with Gasteiger partial charge in [-0.2, -0.15) is 0 Å². The Morgan fingerprint density at radius 2 is 2.15 bits per heavy atom. The molecule has 0 spiro atoms. The first kappa shape index (κ1) is 15.0. The molecular formula is C15H21ClN4. The zero-order chi connectivity index (χ0) is 14.5. The number of hydrogen-bond acceptors (Lipinski definition) is 3. The third kappa shape index (κ3) is 3.58. The predicted octanol–water partition coefficient (Wildman–Crippen LogP) is 3.23. The van der Waals surface area contributed by atoms with Crippen molar-refractivity contribution in [2.75, 3.05) is 6.54 Å². The van der Waals surface area contributed by atoms with Gasteiger partial charge in [0.25, 0.3) is 0 Å². The quantitative estimate of drug-likeness (QED) is 0.889. The molecule has 2 aromatic heterocycles. The normalized spacial score (nSPS) is 11.2. The lowest BCUT2D eigenvalue weighted by molar-refractivity contribution is 0.548. The van der Waals surface area contributed by atoms with Crippen LogP contribution in [0.4, 0.5) is 0 Å². The Hall–Kier alpha value is -1.39. The molecule has 1 N–H and O–H groups in total. The molecule has 0 unspecified atom stereocenters. The standard InChI is InChI=1S/C15H21ClN4/c1-4-14-18-7-8-20(14)15-6-5-12(16)13(19-15)10-17-9-11(2)3/h5-8,11,17H,4,9-10H2,1-3H3. The highest BCUT2D eigenvalue weighted by Gasteiger charge is 2.08. The van der Waals surface area contributed by atoms with Gasteiger partial charge in [0, 0.05) is 25.4 Å². The van der Waals surface area contributed by atoms with Crippen LogP contribution in [-0.2, 0) is 13.0 Å². The summed E-state index contributed by atoms with van der Waals surface area (Å²) in [6.07, 6.45) is 4.60. The summed E-state index contributed by atoms with van der Waals surface area (Å²) in [5.41, 5.74) is 0.876. The van der Waals surface area contributed by atoms with Crippen LogP contribution in [0.1, 0.15) is 32.3 Å². The molecule has 0 aliphatic heterocycles. The van der Waals surface area contributed by atoms with Gasteiger partial charge in [-0.05, 0) is 24.6 Å². The van der Waals surface area contributed by atoms with E-state index >= 15 is 0 Å².